The average Bonchev–Trinajstić information content (AvgIpc) is 2.56. The lowest BCUT2D eigenvalue weighted by atomic mass is 9.96. The van der Waals surface area contributed by atoms with Gasteiger partial charge >= 0.3 is 29.8 Å². The van der Waals surface area contributed by atoms with Gasteiger partial charge in [0, 0.05) is 20.8 Å². The van der Waals surface area contributed by atoms with Crippen molar-refractivity contribution in [2.75, 3.05) is 7.11 Å². The molecule has 0 aromatic carbocycles. The molecule has 1 heterocycles. The molecule has 11 heteroatoms. The number of carbonyl (C=O) groups is 5. The van der Waals surface area contributed by atoms with E-state index in [1.807, 2.05) is 0 Å². The summed E-state index contributed by atoms with van der Waals surface area (Å²) < 4.78 is 30.8. The van der Waals surface area contributed by atoms with Crippen LogP contribution in [0.2, 0.25) is 0 Å². The molecule has 11 nitrogen and oxygen atoms in total. The molecule has 164 valence electrons. The van der Waals surface area contributed by atoms with Crippen molar-refractivity contribution >= 4 is 29.8 Å². The van der Waals surface area contributed by atoms with Gasteiger partial charge in [-0.2, -0.15) is 0 Å². The molecule has 0 radical (unpaired) electrons. The molecular formula is C18H26O11. The van der Waals surface area contributed by atoms with Crippen molar-refractivity contribution in [3.8, 4) is 0 Å². The maximum absolute atomic E-state index is 12.3. The standard InChI is InChI=1S/C18H26O11/c1-8(19)25-11-12(26-9(2)20)14(27-10(3)21)16(28-13(11)15(22)24-7)29-17(23)18(4,5)6/h11-14,16H,1-7H3/t11-,12-,13+,14+,16+/m0/s1. The Morgan fingerprint density at radius 3 is 1.59 bits per heavy atom. The highest BCUT2D eigenvalue weighted by molar-refractivity contribution is 5.78. The molecule has 0 unspecified atom stereocenters. The molecule has 0 bridgehead atoms. The van der Waals surface area contributed by atoms with Crippen LogP contribution in [0.3, 0.4) is 0 Å². The van der Waals surface area contributed by atoms with E-state index < -0.39 is 66.0 Å². The van der Waals surface area contributed by atoms with Crippen molar-refractivity contribution in [2.24, 2.45) is 5.41 Å². The zero-order valence-corrected chi connectivity index (χ0v) is 17.4. The lowest BCUT2D eigenvalue weighted by molar-refractivity contribution is -0.296. The van der Waals surface area contributed by atoms with Crippen LogP contribution in [0.1, 0.15) is 41.5 Å². The monoisotopic (exact) mass is 418 g/mol. The molecule has 1 aliphatic rings. The van der Waals surface area contributed by atoms with Gasteiger partial charge < -0.3 is 28.4 Å². The molecule has 0 spiro atoms. The first-order chi connectivity index (χ1) is 13.3. The number of rotatable bonds is 5. The summed E-state index contributed by atoms with van der Waals surface area (Å²) in [6, 6.07) is 0. The molecule has 1 saturated heterocycles. The van der Waals surface area contributed by atoms with Gasteiger partial charge in [-0.05, 0) is 20.8 Å². The number of hydrogen-bond donors (Lipinski definition) is 0. The summed E-state index contributed by atoms with van der Waals surface area (Å²) in [4.78, 5) is 59.4. The quantitative estimate of drug-likeness (QED) is 0.448. The number of esters is 5. The van der Waals surface area contributed by atoms with E-state index in [-0.39, 0.29) is 0 Å². The summed E-state index contributed by atoms with van der Waals surface area (Å²) in [5.41, 5.74) is -0.964. The fourth-order valence-electron chi connectivity index (χ4n) is 2.46. The van der Waals surface area contributed by atoms with Gasteiger partial charge in [-0.25, -0.2) is 4.79 Å². The van der Waals surface area contributed by atoms with E-state index >= 15 is 0 Å². The summed E-state index contributed by atoms with van der Waals surface area (Å²) in [7, 11) is 1.06. The van der Waals surface area contributed by atoms with E-state index in [2.05, 4.69) is 4.74 Å². The number of methoxy groups -OCH3 is 1. The Bertz CT molecular complexity index is 663. The summed E-state index contributed by atoms with van der Waals surface area (Å²) in [5, 5.41) is 0. The van der Waals surface area contributed by atoms with Crippen LogP contribution in [-0.2, 0) is 52.4 Å². The zero-order valence-electron chi connectivity index (χ0n) is 17.4. The van der Waals surface area contributed by atoms with Crippen LogP contribution in [0.15, 0.2) is 0 Å². The number of hydrogen-bond acceptors (Lipinski definition) is 11. The van der Waals surface area contributed by atoms with Crippen molar-refractivity contribution in [3.63, 3.8) is 0 Å². The van der Waals surface area contributed by atoms with Crippen molar-refractivity contribution in [3.05, 3.63) is 0 Å². The minimum atomic E-state index is -1.63. The van der Waals surface area contributed by atoms with E-state index in [0.717, 1.165) is 27.9 Å². The molecule has 0 aliphatic carbocycles. The molecule has 1 fully saturated rings. The van der Waals surface area contributed by atoms with Crippen molar-refractivity contribution in [1.82, 2.24) is 0 Å². The Morgan fingerprint density at radius 1 is 0.724 bits per heavy atom. The molecule has 1 rings (SSSR count). The molecule has 5 atom stereocenters. The Balaban J connectivity index is 3.44. The lowest BCUT2D eigenvalue weighted by Gasteiger charge is -2.43. The van der Waals surface area contributed by atoms with E-state index in [4.69, 9.17) is 23.7 Å². The van der Waals surface area contributed by atoms with Gasteiger partial charge in [0.15, 0.2) is 18.3 Å². The van der Waals surface area contributed by atoms with Gasteiger partial charge in [-0.3, -0.25) is 19.2 Å². The maximum Gasteiger partial charge on any atom is 0.339 e. The van der Waals surface area contributed by atoms with Gasteiger partial charge in [0.25, 0.3) is 0 Å². The molecular weight excluding hydrogens is 392 g/mol. The highest BCUT2D eigenvalue weighted by Gasteiger charge is 2.56. The van der Waals surface area contributed by atoms with Crippen LogP contribution in [-0.4, -0.2) is 67.7 Å². The summed E-state index contributed by atoms with van der Waals surface area (Å²) >= 11 is 0. The minimum absolute atomic E-state index is 0.740. The predicted octanol–water partition coefficient (Wildman–Crippen LogP) is 0.269. The van der Waals surface area contributed by atoms with Crippen molar-refractivity contribution in [2.45, 2.75) is 72.2 Å². The van der Waals surface area contributed by atoms with Crippen LogP contribution < -0.4 is 0 Å². The lowest BCUT2D eigenvalue weighted by Crippen LogP contribution is -2.64. The highest BCUT2D eigenvalue weighted by Crippen LogP contribution is 2.31. The second kappa shape index (κ2) is 9.68. The van der Waals surface area contributed by atoms with Gasteiger partial charge in [-0.1, -0.05) is 0 Å². The van der Waals surface area contributed by atoms with Gasteiger partial charge in [0.05, 0.1) is 12.5 Å². The van der Waals surface area contributed by atoms with E-state index in [9.17, 15) is 24.0 Å². The number of ether oxygens (including phenoxy) is 6. The third-order valence-corrected chi connectivity index (χ3v) is 3.67. The highest BCUT2D eigenvalue weighted by atomic mass is 16.7. The first kappa shape index (κ1) is 24.3. The number of carbonyl (C=O) groups excluding carboxylic acids is 5. The van der Waals surface area contributed by atoms with Crippen LogP contribution in [0.4, 0.5) is 0 Å². The molecule has 0 N–H and O–H groups in total. The molecule has 1 aliphatic heterocycles. The summed E-state index contributed by atoms with van der Waals surface area (Å²) in [6.07, 6.45) is -7.77. The van der Waals surface area contributed by atoms with Crippen molar-refractivity contribution in [1.29, 1.82) is 0 Å². The minimum Gasteiger partial charge on any atom is -0.467 e. The van der Waals surface area contributed by atoms with E-state index in [0.29, 0.717) is 0 Å². The predicted molar refractivity (Wildman–Crippen MR) is 92.9 cm³/mol. The van der Waals surface area contributed by atoms with E-state index in [1.165, 1.54) is 0 Å². The van der Waals surface area contributed by atoms with Crippen LogP contribution >= 0.6 is 0 Å². The first-order valence-electron chi connectivity index (χ1n) is 8.74. The average molecular weight is 418 g/mol. The van der Waals surface area contributed by atoms with E-state index in [1.54, 1.807) is 20.8 Å². The van der Waals surface area contributed by atoms with Crippen molar-refractivity contribution < 1.29 is 52.4 Å². The molecule has 0 aromatic heterocycles. The second-order valence-electron chi connectivity index (χ2n) is 7.33. The third-order valence-electron chi connectivity index (χ3n) is 3.67. The molecule has 0 amide bonds. The summed E-state index contributed by atoms with van der Waals surface area (Å²) in [5.74, 6) is -4.18. The fraction of sp³-hybridized carbons (Fsp3) is 0.722. The Hall–Kier alpha value is -2.69. The van der Waals surface area contributed by atoms with Gasteiger partial charge in [-0.15, -0.1) is 0 Å². The molecule has 0 saturated carbocycles. The summed E-state index contributed by atoms with van der Waals surface area (Å²) in [6.45, 7) is 7.91. The maximum atomic E-state index is 12.3. The topological polar surface area (TPSA) is 141 Å². The second-order valence-corrected chi connectivity index (χ2v) is 7.33. The third kappa shape index (κ3) is 6.70. The normalized spacial score (nSPS) is 26.7. The van der Waals surface area contributed by atoms with Crippen LogP contribution in [0, 0.1) is 5.41 Å². The SMILES string of the molecule is COC(=O)[C@@H]1O[C@H](OC(=O)C(C)(C)C)[C@H](OC(C)=O)[C@@H](OC(C)=O)[C@@H]1OC(C)=O. The van der Waals surface area contributed by atoms with Gasteiger partial charge in [0.2, 0.25) is 12.4 Å². The Kier molecular flexibility index (Phi) is 8.13. The molecule has 0 aromatic rings. The van der Waals surface area contributed by atoms with Crippen LogP contribution in [0.5, 0.6) is 0 Å². The Morgan fingerprint density at radius 2 is 1.17 bits per heavy atom. The first-order valence-corrected chi connectivity index (χ1v) is 8.74. The largest absolute Gasteiger partial charge is 0.467 e. The van der Waals surface area contributed by atoms with Crippen LogP contribution in [0.25, 0.3) is 0 Å². The zero-order chi connectivity index (χ0) is 22.5. The smallest absolute Gasteiger partial charge is 0.339 e. The van der Waals surface area contributed by atoms with Gasteiger partial charge in [0.1, 0.15) is 0 Å². The molecule has 29 heavy (non-hydrogen) atoms. The Labute approximate surface area is 167 Å². The fourth-order valence-corrected chi connectivity index (χ4v) is 2.46.